The summed E-state index contributed by atoms with van der Waals surface area (Å²) in [6.45, 7) is 5.92. The van der Waals surface area contributed by atoms with Crippen molar-refractivity contribution < 1.29 is 28.5 Å². The Morgan fingerprint density at radius 2 is 1.94 bits per heavy atom. The molecule has 1 aromatic carbocycles. The Kier molecular flexibility index (Phi) is 10.9. The van der Waals surface area contributed by atoms with E-state index in [1.54, 1.807) is 12.1 Å². The van der Waals surface area contributed by atoms with E-state index in [-0.39, 0.29) is 12.2 Å². The number of nitrogens with zero attached hydrogens (tertiary/aromatic N) is 2. The number of amides is 1. The van der Waals surface area contributed by atoms with Gasteiger partial charge in [-0.05, 0) is 44.3 Å². The van der Waals surface area contributed by atoms with Crippen molar-refractivity contribution in [1.82, 2.24) is 4.90 Å². The van der Waals surface area contributed by atoms with Gasteiger partial charge in [0.05, 0.1) is 12.2 Å². The molecule has 0 saturated carbocycles. The van der Waals surface area contributed by atoms with E-state index in [2.05, 4.69) is 11.6 Å². The van der Waals surface area contributed by atoms with Crippen LogP contribution in [0.4, 0.5) is 8.78 Å². The lowest BCUT2D eigenvalue weighted by Crippen LogP contribution is -2.27. The standard InChI is InChI=1S/C22H27F2N3O4/c1-4-5-19(24)18(15(2)23)14-26-20(22(25)30)21(29)16-6-8-17(9-7-16)31-13-11-27(3)10-12-28/h4-9,14,28-29H,1,10-13H2,2-3H3,(H2,25,30)/b18-15+,19-5+,21-20-,26-14+. The summed E-state index contributed by atoms with van der Waals surface area (Å²) < 4.78 is 33.1. The minimum absolute atomic E-state index is 0.0564. The van der Waals surface area contributed by atoms with Gasteiger partial charge in [0.1, 0.15) is 24.0 Å². The van der Waals surface area contributed by atoms with Crippen molar-refractivity contribution in [3.8, 4) is 5.75 Å². The highest BCUT2D eigenvalue weighted by molar-refractivity contribution is 6.01. The van der Waals surface area contributed by atoms with Crippen LogP contribution in [0.5, 0.6) is 5.75 Å². The van der Waals surface area contributed by atoms with Gasteiger partial charge in [-0.3, -0.25) is 4.79 Å². The van der Waals surface area contributed by atoms with Gasteiger partial charge in [-0.15, -0.1) is 0 Å². The second-order valence-electron chi connectivity index (χ2n) is 6.42. The summed E-state index contributed by atoms with van der Waals surface area (Å²) in [7, 11) is 1.85. The summed E-state index contributed by atoms with van der Waals surface area (Å²) in [5.74, 6) is -2.94. The Bertz CT molecular complexity index is 887. The number of aliphatic imine (C=N–C) groups is 1. The number of nitrogens with two attached hydrogens (primary N) is 1. The van der Waals surface area contributed by atoms with E-state index in [1.165, 1.54) is 12.1 Å². The molecule has 0 aliphatic rings. The van der Waals surface area contributed by atoms with Gasteiger partial charge in [-0.2, -0.15) is 0 Å². The predicted octanol–water partition coefficient (Wildman–Crippen LogP) is 3.06. The molecule has 9 heteroatoms. The number of hydrogen-bond donors (Lipinski definition) is 3. The molecule has 0 fully saturated rings. The molecule has 168 valence electrons. The van der Waals surface area contributed by atoms with E-state index in [4.69, 9.17) is 15.6 Å². The SMILES string of the molecule is C=C\C=C(F)/C(/C=N/C(C(N)=O)=C(\O)c1ccc(OCCN(C)CCO)cc1)=C(\C)F. The van der Waals surface area contributed by atoms with E-state index >= 15 is 0 Å². The first kappa shape index (κ1) is 25.7. The molecule has 0 heterocycles. The Morgan fingerprint density at radius 1 is 1.29 bits per heavy atom. The number of ether oxygens (including phenoxy) is 1. The van der Waals surface area contributed by atoms with Crippen LogP contribution in [-0.4, -0.2) is 60.6 Å². The van der Waals surface area contributed by atoms with Crippen molar-refractivity contribution in [2.75, 3.05) is 33.4 Å². The number of aliphatic hydroxyl groups is 2. The van der Waals surface area contributed by atoms with Crippen LogP contribution in [0.2, 0.25) is 0 Å². The molecular weight excluding hydrogens is 408 g/mol. The number of halogens is 2. The summed E-state index contributed by atoms with van der Waals surface area (Å²) in [6.07, 6.45) is 2.82. The minimum Gasteiger partial charge on any atom is -0.505 e. The van der Waals surface area contributed by atoms with Crippen LogP contribution in [-0.2, 0) is 4.79 Å². The minimum atomic E-state index is -1.08. The van der Waals surface area contributed by atoms with E-state index in [0.717, 1.165) is 25.3 Å². The maximum Gasteiger partial charge on any atom is 0.271 e. The number of primary amides is 1. The van der Waals surface area contributed by atoms with Gasteiger partial charge in [0, 0.05) is 24.9 Å². The zero-order valence-electron chi connectivity index (χ0n) is 17.5. The Balaban J connectivity index is 3.05. The van der Waals surface area contributed by atoms with Crippen LogP contribution in [0, 0.1) is 0 Å². The molecule has 31 heavy (non-hydrogen) atoms. The van der Waals surface area contributed by atoms with Gasteiger partial charge in [-0.1, -0.05) is 12.7 Å². The second-order valence-corrected chi connectivity index (χ2v) is 6.42. The number of allylic oxidation sites excluding steroid dienone is 5. The van der Waals surface area contributed by atoms with E-state index in [9.17, 15) is 18.7 Å². The van der Waals surface area contributed by atoms with Crippen molar-refractivity contribution in [2.24, 2.45) is 10.7 Å². The zero-order chi connectivity index (χ0) is 23.4. The van der Waals surface area contributed by atoms with Crippen LogP contribution < -0.4 is 10.5 Å². The number of carbonyl (C=O) groups excluding carboxylic acids is 1. The molecular formula is C22H27F2N3O4. The molecule has 0 bridgehead atoms. The number of rotatable bonds is 12. The van der Waals surface area contributed by atoms with E-state index in [0.29, 0.717) is 25.4 Å². The average Bonchev–Trinajstić information content (AvgIpc) is 2.71. The van der Waals surface area contributed by atoms with Crippen LogP contribution in [0.1, 0.15) is 12.5 Å². The summed E-state index contributed by atoms with van der Waals surface area (Å²) in [6, 6.07) is 6.11. The third kappa shape index (κ3) is 8.53. The molecule has 4 N–H and O–H groups in total. The lowest BCUT2D eigenvalue weighted by Gasteiger charge is -2.15. The zero-order valence-corrected chi connectivity index (χ0v) is 17.5. The van der Waals surface area contributed by atoms with Crippen molar-refractivity contribution in [3.63, 3.8) is 0 Å². The number of benzene rings is 1. The number of aliphatic hydroxyl groups excluding tert-OH is 2. The average molecular weight is 435 g/mol. The lowest BCUT2D eigenvalue weighted by atomic mass is 10.1. The Morgan fingerprint density at radius 3 is 2.45 bits per heavy atom. The molecule has 0 aromatic heterocycles. The largest absolute Gasteiger partial charge is 0.505 e. The fourth-order valence-corrected chi connectivity index (χ4v) is 2.33. The molecule has 0 aliphatic heterocycles. The first-order valence-electron chi connectivity index (χ1n) is 9.36. The first-order chi connectivity index (χ1) is 14.7. The first-order valence-corrected chi connectivity index (χ1v) is 9.36. The number of likely N-dealkylation sites (N-methyl/N-ethyl adjacent to an activating group) is 1. The maximum absolute atomic E-state index is 13.9. The van der Waals surface area contributed by atoms with Crippen LogP contribution in [0.25, 0.3) is 5.76 Å². The van der Waals surface area contributed by atoms with Crippen LogP contribution in [0.15, 0.2) is 70.9 Å². The monoisotopic (exact) mass is 435 g/mol. The molecule has 1 amide bonds. The van der Waals surface area contributed by atoms with E-state index < -0.39 is 34.6 Å². The molecule has 0 atom stereocenters. The number of carbonyl (C=O) groups is 1. The van der Waals surface area contributed by atoms with Crippen molar-refractivity contribution in [1.29, 1.82) is 0 Å². The molecule has 0 aliphatic carbocycles. The molecule has 1 aromatic rings. The smallest absolute Gasteiger partial charge is 0.271 e. The molecule has 0 saturated heterocycles. The summed E-state index contributed by atoms with van der Waals surface area (Å²) >= 11 is 0. The molecule has 1 rings (SSSR count). The quantitative estimate of drug-likeness (QED) is 0.202. The van der Waals surface area contributed by atoms with Crippen LogP contribution >= 0.6 is 0 Å². The normalized spacial score (nSPS) is 13.8. The number of hydrogen-bond acceptors (Lipinski definition) is 6. The highest BCUT2D eigenvalue weighted by Gasteiger charge is 2.14. The van der Waals surface area contributed by atoms with E-state index in [1.807, 2.05) is 11.9 Å². The maximum atomic E-state index is 13.9. The molecule has 0 unspecified atom stereocenters. The van der Waals surface area contributed by atoms with Gasteiger partial charge in [0.2, 0.25) is 0 Å². The lowest BCUT2D eigenvalue weighted by molar-refractivity contribution is -0.114. The molecule has 0 radical (unpaired) electrons. The third-order valence-corrected chi connectivity index (χ3v) is 4.02. The summed E-state index contributed by atoms with van der Waals surface area (Å²) in [4.78, 5) is 17.3. The van der Waals surface area contributed by atoms with Gasteiger partial charge < -0.3 is 25.6 Å². The second kappa shape index (κ2) is 13.1. The van der Waals surface area contributed by atoms with Gasteiger partial charge in [-0.25, -0.2) is 13.8 Å². The highest BCUT2D eigenvalue weighted by Crippen LogP contribution is 2.22. The van der Waals surface area contributed by atoms with Crippen molar-refractivity contribution in [2.45, 2.75) is 6.92 Å². The Hall–Kier alpha value is -3.30. The van der Waals surface area contributed by atoms with Gasteiger partial charge >= 0.3 is 0 Å². The molecule has 7 nitrogen and oxygen atoms in total. The van der Waals surface area contributed by atoms with Crippen molar-refractivity contribution >= 4 is 17.9 Å². The highest BCUT2D eigenvalue weighted by atomic mass is 19.1. The van der Waals surface area contributed by atoms with Crippen LogP contribution in [0.3, 0.4) is 0 Å². The van der Waals surface area contributed by atoms with Gasteiger partial charge in [0.25, 0.3) is 5.91 Å². The summed E-state index contributed by atoms with van der Waals surface area (Å²) in [5.41, 5.74) is 4.40. The van der Waals surface area contributed by atoms with Crippen molar-refractivity contribution in [3.05, 3.63) is 71.5 Å². The predicted molar refractivity (Wildman–Crippen MR) is 117 cm³/mol. The van der Waals surface area contributed by atoms with Gasteiger partial charge in [0.15, 0.2) is 11.5 Å². The fourth-order valence-electron chi connectivity index (χ4n) is 2.33. The third-order valence-electron chi connectivity index (χ3n) is 4.02. The Labute approximate surface area is 180 Å². The molecule has 0 spiro atoms. The topological polar surface area (TPSA) is 108 Å². The summed E-state index contributed by atoms with van der Waals surface area (Å²) in [5, 5.41) is 19.3. The fraction of sp³-hybridized carbons (Fsp3) is 0.273.